The fourth-order valence-corrected chi connectivity index (χ4v) is 4.31. The number of hydrogen-bond donors (Lipinski definition) is 1. The number of likely N-dealkylation sites (tertiary alicyclic amines) is 1. The van der Waals surface area contributed by atoms with E-state index in [4.69, 9.17) is 0 Å². The molecule has 1 unspecified atom stereocenters. The van der Waals surface area contributed by atoms with Crippen LogP contribution in [0.3, 0.4) is 0 Å². The van der Waals surface area contributed by atoms with Crippen molar-refractivity contribution in [3.63, 3.8) is 0 Å². The van der Waals surface area contributed by atoms with Gasteiger partial charge < -0.3 is 5.32 Å². The summed E-state index contributed by atoms with van der Waals surface area (Å²) < 4.78 is 0. The molecule has 0 spiro atoms. The molecule has 19 heavy (non-hydrogen) atoms. The molecule has 2 saturated heterocycles. The normalized spacial score (nSPS) is 25.8. The molecule has 0 radical (unpaired) electrons. The first-order valence-electron chi connectivity index (χ1n) is 7.52. The van der Waals surface area contributed by atoms with Gasteiger partial charge in [0.1, 0.15) is 0 Å². The Bertz CT molecular complexity index is 368. The topological polar surface area (TPSA) is 15.3 Å². The van der Waals surface area contributed by atoms with Crippen LogP contribution in [0.4, 0.5) is 0 Å². The molecular formula is C16H24N2S. The molecule has 0 aliphatic carbocycles. The summed E-state index contributed by atoms with van der Waals surface area (Å²) in [5.41, 5.74) is 1.47. The molecule has 1 atom stereocenters. The number of nitrogens with zero attached hydrogens (tertiary/aromatic N) is 1. The number of thioether (sulfide) groups is 1. The largest absolute Gasteiger partial charge is 0.315 e. The van der Waals surface area contributed by atoms with Crippen molar-refractivity contribution in [3.8, 4) is 0 Å². The number of rotatable bonds is 4. The van der Waals surface area contributed by atoms with E-state index in [0.29, 0.717) is 0 Å². The van der Waals surface area contributed by atoms with Crippen LogP contribution in [0.25, 0.3) is 0 Å². The maximum absolute atomic E-state index is 3.48. The Morgan fingerprint density at radius 1 is 1.11 bits per heavy atom. The van der Waals surface area contributed by atoms with Gasteiger partial charge in [0.15, 0.2) is 0 Å². The molecular weight excluding hydrogens is 252 g/mol. The van der Waals surface area contributed by atoms with Gasteiger partial charge in [0.2, 0.25) is 0 Å². The van der Waals surface area contributed by atoms with E-state index < -0.39 is 0 Å². The van der Waals surface area contributed by atoms with Crippen LogP contribution < -0.4 is 5.32 Å². The smallest absolute Gasteiger partial charge is 0.0232 e. The Kier molecular flexibility index (Phi) is 4.81. The molecule has 0 saturated carbocycles. The van der Waals surface area contributed by atoms with E-state index in [1.807, 2.05) is 0 Å². The first kappa shape index (κ1) is 13.5. The monoisotopic (exact) mass is 276 g/mol. The highest BCUT2D eigenvalue weighted by atomic mass is 32.2. The van der Waals surface area contributed by atoms with E-state index in [2.05, 4.69) is 52.3 Å². The van der Waals surface area contributed by atoms with Crippen LogP contribution in [0.15, 0.2) is 30.3 Å². The highest BCUT2D eigenvalue weighted by Gasteiger charge is 2.26. The van der Waals surface area contributed by atoms with Crippen molar-refractivity contribution >= 4 is 11.8 Å². The second-order valence-corrected chi connectivity index (χ2v) is 6.97. The molecule has 3 rings (SSSR count). The third-order valence-electron chi connectivity index (χ3n) is 4.36. The Balaban J connectivity index is 1.40. The fourth-order valence-electron chi connectivity index (χ4n) is 3.15. The molecule has 1 aromatic rings. The molecule has 0 aromatic heterocycles. The molecule has 104 valence electrons. The Morgan fingerprint density at radius 2 is 1.89 bits per heavy atom. The summed E-state index contributed by atoms with van der Waals surface area (Å²) in [5.74, 6) is 1.18. The highest BCUT2D eigenvalue weighted by molar-refractivity contribution is 7.99. The van der Waals surface area contributed by atoms with E-state index in [1.54, 1.807) is 0 Å². The van der Waals surface area contributed by atoms with Gasteiger partial charge >= 0.3 is 0 Å². The van der Waals surface area contributed by atoms with Gasteiger partial charge in [0, 0.05) is 23.6 Å². The zero-order chi connectivity index (χ0) is 12.9. The molecule has 3 heteroatoms. The summed E-state index contributed by atoms with van der Waals surface area (Å²) >= 11 is 2.15. The van der Waals surface area contributed by atoms with Gasteiger partial charge in [-0.05, 0) is 44.5 Å². The lowest BCUT2D eigenvalue weighted by molar-refractivity contribution is 0.176. The first-order valence-corrected chi connectivity index (χ1v) is 8.57. The van der Waals surface area contributed by atoms with Crippen molar-refractivity contribution in [3.05, 3.63) is 35.9 Å². The van der Waals surface area contributed by atoms with Crippen LogP contribution in [-0.4, -0.2) is 42.4 Å². The molecule has 1 N–H and O–H groups in total. The van der Waals surface area contributed by atoms with Crippen molar-refractivity contribution in [2.75, 3.05) is 26.2 Å². The third-order valence-corrected chi connectivity index (χ3v) is 5.80. The summed E-state index contributed by atoms with van der Waals surface area (Å²) in [4.78, 5) is 2.71. The van der Waals surface area contributed by atoms with Crippen LogP contribution in [0.2, 0.25) is 0 Å². The average Bonchev–Trinajstić information content (AvgIpc) is 3.01. The molecule has 0 bridgehead atoms. The molecule has 1 aromatic carbocycles. The first-order chi connectivity index (χ1) is 9.42. The number of nitrogens with one attached hydrogen (secondary N) is 1. The van der Waals surface area contributed by atoms with E-state index in [9.17, 15) is 0 Å². The number of piperidine rings is 1. The lowest BCUT2D eigenvalue weighted by Gasteiger charge is -2.35. The van der Waals surface area contributed by atoms with Crippen molar-refractivity contribution < 1.29 is 0 Å². The van der Waals surface area contributed by atoms with Gasteiger partial charge in [-0.15, -0.1) is 0 Å². The third kappa shape index (κ3) is 3.74. The van der Waals surface area contributed by atoms with Gasteiger partial charge in [-0.25, -0.2) is 0 Å². The molecule has 2 nitrogen and oxygen atoms in total. The van der Waals surface area contributed by atoms with E-state index in [-0.39, 0.29) is 0 Å². The van der Waals surface area contributed by atoms with E-state index in [1.165, 1.54) is 56.8 Å². The summed E-state index contributed by atoms with van der Waals surface area (Å²) in [6.07, 6.45) is 4.09. The van der Waals surface area contributed by atoms with Crippen LogP contribution in [-0.2, 0) is 5.75 Å². The van der Waals surface area contributed by atoms with Crippen molar-refractivity contribution in [1.29, 1.82) is 0 Å². The fraction of sp³-hybridized carbons (Fsp3) is 0.625. The van der Waals surface area contributed by atoms with Gasteiger partial charge in [0.05, 0.1) is 0 Å². The van der Waals surface area contributed by atoms with E-state index >= 15 is 0 Å². The van der Waals surface area contributed by atoms with Crippen LogP contribution in [0.5, 0.6) is 0 Å². The lowest BCUT2D eigenvalue weighted by atomic mass is 10.1. The summed E-state index contributed by atoms with van der Waals surface area (Å²) in [5, 5.41) is 4.35. The minimum Gasteiger partial charge on any atom is -0.315 e. The molecule has 2 aliphatic rings. The minimum absolute atomic E-state index is 0.820. The zero-order valence-corrected chi connectivity index (χ0v) is 12.4. The van der Waals surface area contributed by atoms with Crippen LogP contribution in [0.1, 0.15) is 24.8 Å². The Labute approximate surface area is 121 Å². The maximum Gasteiger partial charge on any atom is 0.0232 e. The quantitative estimate of drug-likeness (QED) is 0.910. The minimum atomic E-state index is 0.820. The highest BCUT2D eigenvalue weighted by Crippen LogP contribution is 2.28. The van der Waals surface area contributed by atoms with Crippen molar-refractivity contribution in [2.24, 2.45) is 0 Å². The Morgan fingerprint density at radius 3 is 2.58 bits per heavy atom. The second kappa shape index (κ2) is 6.78. The van der Waals surface area contributed by atoms with Gasteiger partial charge in [0.25, 0.3) is 0 Å². The second-order valence-electron chi connectivity index (χ2n) is 5.68. The standard InChI is InChI=1S/C16H24N2S/c1-2-4-14(5-3-1)13-19-16-7-10-18(11-8-16)15-6-9-17-12-15/h1-5,15-17H,6-13H2. The summed E-state index contributed by atoms with van der Waals surface area (Å²) in [6, 6.07) is 11.7. The van der Waals surface area contributed by atoms with Crippen LogP contribution >= 0.6 is 11.8 Å². The van der Waals surface area contributed by atoms with Gasteiger partial charge in [-0.2, -0.15) is 11.8 Å². The maximum atomic E-state index is 3.48. The van der Waals surface area contributed by atoms with Crippen molar-refractivity contribution in [2.45, 2.75) is 36.3 Å². The van der Waals surface area contributed by atoms with Crippen molar-refractivity contribution in [1.82, 2.24) is 10.2 Å². The molecule has 2 fully saturated rings. The number of hydrogen-bond acceptors (Lipinski definition) is 3. The van der Waals surface area contributed by atoms with Gasteiger partial charge in [-0.3, -0.25) is 4.90 Å². The zero-order valence-electron chi connectivity index (χ0n) is 11.6. The molecule has 2 heterocycles. The van der Waals surface area contributed by atoms with E-state index in [0.717, 1.165) is 11.3 Å². The summed E-state index contributed by atoms with van der Waals surface area (Å²) in [6.45, 7) is 5.03. The molecule has 0 amide bonds. The molecule has 2 aliphatic heterocycles. The predicted octanol–water partition coefficient (Wildman–Crippen LogP) is 2.75. The van der Waals surface area contributed by atoms with Gasteiger partial charge in [-0.1, -0.05) is 30.3 Å². The lowest BCUT2D eigenvalue weighted by Crippen LogP contribution is -2.43. The SMILES string of the molecule is c1ccc(CSC2CCN(C3CCNC3)CC2)cc1. The predicted molar refractivity (Wildman–Crippen MR) is 83.6 cm³/mol. The number of benzene rings is 1. The van der Waals surface area contributed by atoms with Crippen LogP contribution in [0, 0.1) is 0 Å². The summed E-state index contributed by atoms with van der Waals surface area (Å²) in [7, 11) is 0. The Hall–Kier alpha value is -0.510. The average molecular weight is 276 g/mol.